The minimum Gasteiger partial charge on any atom is -0.445 e. The summed E-state index contributed by atoms with van der Waals surface area (Å²) in [6, 6.07) is 9.14. The van der Waals surface area contributed by atoms with Gasteiger partial charge in [-0.3, -0.25) is 4.18 Å². The maximum Gasteiger partial charge on any atom is 0.407 e. The van der Waals surface area contributed by atoms with Crippen LogP contribution in [0.25, 0.3) is 0 Å². The zero-order chi connectivity index (χ0) is 18.8. The summed E-state index contributed by atoms with van der Waals surface area (Å²) in [7, 11) is -3.57. The minimum atomic E-state index is -3.57. The van der Waals surface area contributed by atoms with E-state index < -0.39 is 16.2 Å². The second-order valence-corrected chi connectivity index (χ2v) is 8.43. The Morgan fingerprint density at radius 3 is 2.54 bits per heavy atom. The third kappa shape index (κ3) is 7.74. The highest BCUT2D eigenvalue weighted by molar-refractivity contribution is 7.86. The molecule has 146 valence electrons. The van der Waals surface area contributed by atoms with Crippen molar-refractivity contribution in [2.24, 2.45) is 0 Å². The Morgan fingerprint density at radius 1 is 1.19 bits per heavy atom. The van der Waals surface area contributed by atoms with Crippen LogP contribution in [0.4, 0.5) is 4.79 Å². The summed E-state index contributed by atoms with van der Waals surface area (Å²) in [5.74, 6) is -0.0963. The molecule has 1 amide bonds. The van der Waals surface area contributed by atoms with Crippen molar-refractivity contribution in [1.82, 2.24) is 5.32 Å². The largest absolute Gasteiger partial charge is 0.445 e. The second-order valence-electron chi connectivity index (χ2n) is 6.72. The highest BCUT2D eigenvalue weighted by atomic mass is 32.2. The van der Waals surface area contributed by atoms with Gasteiger partial charge in [-0.15, -0.1) is 0 Å². The van der Waals surface area contributed by atoms with Crippen molar-refractivity contribution in [1.29, 1.82) is 0 Å². The highest BCUT2D eigenvalue weighted by Gasteiger charge is 2.23. The lowest BCUT2D eigenvalue weighted by molar-refractivity contribution is 0.134. The van der Waals surface area contributed by atoms with Crippen LogP contribution >= 0.6 is 0 Å². The summed E-state index contributed by atoms with van der Waals surface area (Å²) in [4.78, 5) is 11.9. The van der Waals surface area contributed by atoms with Crippen LogP contribution in [0, 0.1) is 0 Å². The first-order valence-corrected chi connectivity index (χ1v) is 10.9. The smallest absolute Gasteiger partial charge is 0.407 e. The fraction of sp³-hybridized carbons (Fsp3) is 0.632. The summed E-state index contributed by atoms with van der Waals surface area (Å²) in [5.41, 5.74) is 0.902. The number of benzene rings is 1. The van der Waals surface area contributed by atoms with Crippen molar-refractivity contribution in [3.63, 3.8) is 0 Å². The third-order valence-corrected chi connectivity index (χ3v) is 5.88. The lowest BCUT2D eigenvalue weighted by Crippen LogP contribution is -2.36. The van der Waals surface area contributed by atoms with E-state index >= 15 is 0 Å². The van der Waals surface area contributed by atoms with Gasteiger partial charge in [0.2, 0.25) is 0 Å². The molecule has 1 atom stereocenters. The summed E-state index contributed by atoms with van der Waals surface area (Å²) in [5, 5.41) is 2.73. The van der Waals surface area contributed by atoms with Gasteiger partial charge >= 0.3 is 6.09 Å². The molecule has 0 aromatic heterocycles. The van der Waals surface area contributed by atoms with Gasteiger partial charge in [0.05, 0.1) is 11.9 Å². The SMILES string of the molecule is CC[C@H](CCS(=O)(=O)OC1CCCCC1)NC(=O)OCc1ccccc1. The molecule has 0 bridgehead atoms. The normalized spacial score (nSPS) is 16.8. The fourth-order valence-electron chi connectivity index (χ4n) is 3.01. The Labute approximate surface area is 156 Å². The molecule has 1 aliphatic rings. The van der Waals surface area contributed by atoms with E-state index in [2.05, 4.69) is 5.32 Å². The molecule has 1 aromatic carbocycles. The maximum atomic E-state index is 12.1. The number of amides is 1. The molecule has 1 aliphatic carbocycles. The van der Waals surface area contributed by atoms with Gasteiger partial charge in [-0.1, -0.05) is 56.5 Å². The molecule has 26 heavy (non-hydrogen) atoms. The summed E-state index contributed by atoms with van der Waals surface area (Å²) in [6.45, 7) is 2.09. The van der Waals surface area contributed by atoms with Crippen molar-refractivity contribution in [2.75, 3.05) is 5.75 Å². The standard InChI is InChI=1S/C19H29NO5S/c1-2-17(20-19(21)24-15-16-9-5-3-6-10-16)13-14-26(22,23)25-18-11-7-4-8-12-18/h3,5-6,9-10,17-18H,2,4,7-8,11-15H2,1H3,(H,20,21)/t17-/m1/s1. The van der Waals surface area contributed by atoms with Gasteiger partial charge in [-0.25, -0.2) is 4.79 Å². The number of carbonyl (C=O) groups excluding carboxylic acids is 1. The maximum absolute atomic E-state index is 12.1. The number of hydrogen-bond acceptors (Lipinski definition) is 5. The molecule has 0 heterocycles. The van der Waals surface area contributed by atoms with E-state index in [9.17, 15) is 13.2 Å². The molecule has 0 radical (unpaired) electrons. The van der Waals surface area contributed by atoms with Gasteiger partial charge in [0, 0.05) is 6.04 Å². The Balaban J connectivity index is 1.72. The van der Waals surface area contributed by atoms with Crippen molar-refractivity contribution in [2.45, 2.75) is 70.6 Å². The molecule has 0 aliphatic heterocycles. The number of rotatable bonds is 9. The molecule has 1 aromatic rings. The number of hydrogen-bond donors (Lipinski definition) is 1. The molecule has 1 fully saturated rings. The van der Waals surface area contributed by atoms with Crippen molar-refractivity contribution in [3.05, 3.63) is 35.9 Å². The molecule has 1 N–H and O–H groups in total. The Morgan fingerprint density at radius 2 is 1.88 bits per heavy atom. The Hall–Kier alpha value is -1.60. The van der Waals surface area contributed by atoms with Crippen molar-refractivity contribution in [3.8, 4) is 0 Å². The lowest BCUT2D eigenvalue weighted by atomic mass is 9.98. The molecule has 6 nitrogen and oxygen atoms in total. The average Bonchev–Trinajstić information content (AvgIpc) is 2.65. The molecule has 1 saturated carbocycles. The molecular weight excluding hydrogens is 354 g/mol. The molecule has 0 saturated heterocycles. The first-order valence-electron chi connectivity index (χ1n) is 9.36. The Bertz CT molecular complexity index is 641. The first-order chi connectivity index (χ1) is 12.5. The number of carbonyl (C=O) groups is 1. The van der Waals surface area contributed by atoms with E-state index in [1.165, 1.54) is 0 Å². The molecule has 0 unspecified atom stereocenters. The minimum absolute atomic E-state index is 0.0963. The van der Waals surface area contributed by atoms with E-state index in [1.807, 2.05) is 37.3 Å². The fourth-order valence-corrected chi connectivity index (χ4v) is 4.29. The predicted molar refractivity (Wildman–Crippen MR) is 100 cm³/mol. The third-order valence-electron chi connectivity index (χ3n) is 4.58. The topological polar surface area (TPSA) is 81.7 Å². The zero-order valence-electron chi connectivity index (χ0n) is 15.4. The zero-order valence-corrected chi connectivity index (χ0v) is 16.2. The van der Waals surface area contributed by atoms with Crippen LogP contribution in [-0.2, 0) is 25.6 Å². The molecule has 0 spiro atoms. The van der Waals surface area contributed by atoms with E-state index in [1.54, 1.807) is 0 Å². The van der Waals surface area contributed by atoms with E-state index in [0.717, 1.165) is 37.7 Å². The van der Waals surface area contributed by atoms with Crippen LogP contribution < -0.4 is 5.32 Å². The van der Waals surface area contributed by atoms with E-state index in [4.69, 9.17) is 8.92 Å². The van der Waals surface area contributed by atoms with Crippen LogP contribution in [0.1, 0.15) is 57.4 Å². The van der Waals surface area contributed by atoms with Crippen LogP contribution in [0.15, 0.2) is 30.3 Å². The summed E-state index contributed by atoms with van der Waals surface area (Å²) in [6.07, 6.45) is 5.02. The van der Waals surface area contributed by atoms with Gasteiger partial charge in [-0.05, 0) is 31.2 Å². The predicted octanol–water partition coefficient (Wildman–Crippen LogP) is 3.76. The number of ether oxygens (including phenoxy) is 1. The monoisotopic (exact) mass is 383 g/mol. The lowest BCUT2D eigenvalue weighted by Gasteiger charge is -2.22. The van der Waals surface area contributed by atoms with Crippen molar-refractivity contribution < 1.29 is 22.1 Å². The number of nitrogens with one attached hydrogen (secondary N) is 1. The highest BCUT2D eigenvalue weighted by Crippen LogP contribution is 2.22. The van der Waals surface area contributed by atoms with Crippen LogP contribution in [-0.4, -0.2) is 32.4 Å². The van der Waals surface area contributed by atoms with E-state index in [-0.39, 0.29) is 24.5 Å². The molecular formula is C19H29NO5S. The molecule has 7 heteroatoms. The summed E-state index contributed by atoms with van der Waals surface area (Å²) >= 11 is 0. The first kappa shape index (κ1) is 20.7. The molecule has 2 rings (SSSR count). The quantitative estimate of drug-likeness (QED) is 0.657. The van der Waals surface area contributed by atoms with Gasteiger partial charge in [-0.2, -0.15) is 8.42 Å². The van der Waals surface area contributed by atoms with Crippen LogP contribution in [0.3, 0.4) is 0 Å². The summed E-state index contributed by atoms with van der Waals surface area (Å²) < 4.78 is 34.8. The van der Waals surface area contributed by atoms with Crippen LogP contribution in [0.5, 0.6) is 0 Å². The van der Waals surface area contributed by atoms with Crippen LogP contribution in [0.2, 0.25) is 0 Å². The Kier molecular flexibility index (Phi) is 8.38. The van der Waals surface area contributed by atoms with E-state index in [0.29, 0.717) is 12.8 Å². The average molecular weight is 384 g/mol. The number of alkyl carbamates (subject to hydrolysis) is 1. The van der Waals surface area contributed by atoms with Crippen molar-refractivity contribution >= 4 is 16.2 Å². The van der Waals surface area contributed by atoms with Gasteiger partial charge in [0.25, 0.3) is 10.1 Å². The van der Waals surface area contributed by atoms with Gasteiger partial charge < -0.3 is 10.1 Å². The van der Waals surface area contributed by atoms with Gasteiger partial charge in [0.1, 0.15) is 6.61 Å². The second kappa shape index (κ2) is 10.5. The van der Waals surface area contributed by atoms with Gasteiger partial charge in [0.15, 0.2) is 0 Å².